The van der Waals surface area contributed by atoms with E-state index < -0.39 is 5.92 Å². The number of β-amino-alcohol motifs (C(OH)–C–C–N with tert-alkyl or cyclic N) is 1. The Balaban J connectivity index is 0.000000167. The van der Waals surface area contributed by atoms with E-state index in [9.17, 15) is 40.2 Å². The van der Waals surface area contributed by atoms with Crippen LogP contribution in [0.25, 0.3) is 0 Å². The number of rotatable bonds is 15. The van der Waals surface area contributed by atoms with Crippen molar-refractivity contribution in [2.24, 2.45) is 11.1 Å². The minimum Gasteiger partial charge on any atom is -0.392 e. The van der Waals surface area contributed by atoms with Gasteiger partial charge in [-0.3, -0.25) is 34.3 Å². The van der Waals surface area contributed by atoms with Gasteiger partial charge in [0.25, 0.3) is 5.92 Å². The van der Waals surface area contributed by atoms with Crippen LogP contribution in [0.3, 0.4) is 0 Å². The van der Waals surface area contributed by atoms with Gasteiger partial charge in [-0.1, -0.05) is 117 Å². The van der Waals surface area contributed by atoms with E-state index in [1.807, 2.05) is 56.3 Å². The molecule has 0 aliphatic carbocycles. The van der Waals surface area contributed by atoms with Crippen molar-refractivity contribution in [3.05, 3.63) is 250 Å². The number of aliphatic hydroxyl groups is 1. The molecule has 7 aromatic rings. The lowest BCUT2D eigenvalue weighted by atomic mass is 9.88. The second-order valence-corrected chi connectivity index (χ2v) is 35.9. The van der Waals surface area contributed by atoms with Crippen molar-refractivity contribution < 1.29 is 45.0 Å². The molecule has 0 spiro atoms. The molecule has 7 aliphatic rings. The molecule has 7 fully saturated rings. The number of methoxy groups -OCH3 is 1. The van der Waals surface area contributed by atoms with Gasteiger partial charge in [0.15, 0.2) is 0 Å². The monoisotopic (exact) mass is 1590 g/mol. The van der Waals surface area contributed by atoms with E-state index in [1.54, 1.807) is 72.7 Å². The van der Waals surface area contributed by atoms with Gasteiger partial charge in [0.2, 0.25) is 0 Å². The van der Waals surface area contributed by atoms with Crippen LogP contribution in [0.15, 0.2) is 176 Å². The lowest BCUT2D eigenvalue weighted by Gasteiger charge is -2.38. The maximum absolute atomic E-state index is 13.5. The van der Waals surface area contributed by atoms with Gasteiger partial charge >= 0.3 is 0 Å². The van der Waals surface area contributed by atoms with E-state index in [0.29, 0.717) is 66.2 Å². The maximum atomic E-state index is 13.5. The summed E-state index contributed by atoms with van der Waals surface area (Å²) < 4.78 is 112. The van der Waals surface area contributed by atoms with Gasteiger partial charge in [0.1, 0.15) is 34.9 Å². The fraction of sp³-hybridized carbons (Fsp3) is 0.562. The van der Waals surface area contributed by atoms with Crippen LogP contribution in [0.1, 0.15) is 252 Å². The Labute approximate surface area is 679 Å². The number of alkyl halides is 2. The van der Waals surface area contributed by atoms with Gasteiger partial charge in [-0.15, -0.1) is 0 Å². The smallest absolute Gasteiger partial charge is 0.262 e. The Morgan fingerprint density at radius 1 is 0.377 bits per heavy atom. The second-order valence-electron chi connectivity index (χ2n) is 35.9. The Morgan fingerprint density at radius 3 is 1.11 bits per heavy atom. The predicted octanol–water partition coefficient (Wildman–Crippen LogP) is 22.2. The zero-order valence-electron chi connectivity index (χ0n) is 71.8. The molecule has 14 rings (SSSR count). The van der Waals surface area contributed by atoms with E-state index in [1.165, 1.54) is 73.8 Å². The van der Waals surface area contributed by atoms with Crippen LogP contribution in [0.4, 0.5) is 35.1 Å². The quantitative estimate of drug-likeness (QED) is 0.0970. The van der Waals surface area contributed by atoms with Crippen LogP contribution in [-0.4, -0.2) is 159 Å². The SMILES string of the molecule is CC(C)N1CC(C)(C)CC1c1cccc(F)c1.CC(C)N1CC(F)(F)CC1c1cccc(F)c1.CC(C)N1CC(N)CC1c1cccc(F)c1.CC(C)N1CC(O)CC1c1cccc(F)c1.CC(C)N1CCCC1(C)c1cccc(F)c1.CC(C)N1CCCC1(C)c1ccccc1.COC1CC(c2cccc(F)c2)N(C(C)C)C1. The number of halogens is 8. The fourth-order valence-corrected chi connectivity index (χ4v) is 18.7. The third kappa shape index (κ3) is 25.3. The Kier molecular flexibility index (Phi) is 34.1. The highest BCUT2D eigenvalue weighted by Gasteiger charge is 2.47. The molecule has 628 valence electrons. The molecule has 7 aliphatic heterocycles. The third-order valence-electron chi connectivity index (χ3n) is 24.4. The van der Waals surface area contributed by atoms with Crippen molar-refractivity contribution in [3.63, 3.8) is 0 Å². The average molecular weight is 1590 g/mol. The first-order chi connectivity index (χ1) is 53.7. The summed E-state index contributed by atoms with van der Waals surface area (Å²) in [6.07, 6.45) is 8.32. The fourth-order valence-electron chi connectivity index (χ4n) is 18.7. The number of hydrogen-bond donors (Lipinski definition) is 2. The van der Waals surface area contributed by atoms with Crippen molar-refractivity contribution in [1.82, 2.24) is 34.3 Å². The summed E-state index contributed by atoms with van der Waals surface area (Å²) in [4.78, 5) is 16.3. The van der Waals surface area contributed by atoms with Crippen molar-refractivity contribution in [3.8, 4) is 0 Å². The predicted molar refractivity (Wildman–Crippen MR) is 451 cm³/mol. The third-order valence-corrected chi connectivity index (χ3v) is 24.4. The molecule has 0 saturated carbocycles. The number of hydrogen-bond acceptors (Lipinski definition) is 10. The molecule has 0 radical (unpaired) electrons. The molecule has 3 N–H and O–H groups in total. The lowest BCUT2D eigenvalue weighted by Crippen LogP contribution is -2.42. The number of ether oxygens (including phenoxy) is 1. The van der Waals surface area contributed by atoms with Gasteiger partial charge in [0.05, 0.1) is 18.8 Å². The summed E-state index contributed by atoms with van der Waals surface area (Å²) >= 11 is 0. The van der Waals surface area contributed by atoms with Crippen molar-refractivity contribution in [2.45, 2.75) is 290 Å². The standard InChI is InChI=1S/C15H22FN.C14H20FNO.C14H20FN.C14H21N.C13H16F3N.C13H19FN2.C13H18FNO/c1-11(2)17-10-15(3,4)9-14(17)12-6-5-7-13(16)8-12;1-10(2)16-9-13(17-3)8-14(16)11-5-4-6-12(15)7-11;1-11(2)16-9-5-8-14(16,3)12-6-4-7-13(15)10-12;1-12(2)15-11-7-10-14(15,3)13-8-5-4-6-9-13;1-9(2)17-8-13(15,16)7-12(17)10-4-3-5-11(14)6-10;1-9(2)16-8-12(15)7-13(16)10-4-3-5-11(14)6-10;1-9(2)15-8-12(16)7-13(15)10-4-3-5-11(14)6-10/h5-8,11,14H,9-10H2,1-4H3;4-7,10,13-14H,8-9H2,1-3H3;4,6-7,10-11H,5,8-9H2,1-3H3;4-6,8-9,12H,7,10-11H2,1-3H3;3-6,9,12H,7-8H2,1-2H3;3-6,9,12-13H,7-8,15H2,1-2H3;3-6,9,12-13,16H,7-8H2,1-2H3. The van der Waals surface area contributed by atoms with Crippen LogP contribution in [0, 0.1) is 40.3 Å². The molecule has 10 nitrogen and oxygen atoms in total. The van der Waals surface area contributed by atoms with Crippen molar-refractivity contribution in [2.75, 3.05) is 52.9 Å². The van der Waals surface area contributed by atoms with E-state index in [2.05, 4.69) is 171 Å². The van der Waals surface area contributed by atoms with Gasteiger partial charge in [-0.2, -0.15) is 0 Å². The maximum Gasteiger partial charge on any atom is 0.262 e. The van der Waals surface area contributed by atoms with Crippen LogP contribution in [-0.2, 0) is 15.8 Å². The van der Waals surface area contributed by atoms with Crippen LogP contribution < -0.4 is 5.73 Å². The summed E-state index contributed by atoms with van der Waals surface area (Å²) in [5.41, 5.74) is 14.0. The summed E-state index contributed by atoms with van der Waals surface area (Å²) in [5.74, 6) is -3.84. The first-order valence-corrected chi connectivity index (χ1v) is 42.0. The van der Waals surface area contributed by atoms with Gasteiger partial charge in [-0.05, 0) is 292 Å². The van der Waals surface area contributed by atoms with Crippen LogP contribution >= 0.6 is 0 Å². The molecule has 7 aromatic carbocycles. The van der Waals surface area contributed by atoms with Crippen LogP contribution in [0.5, 0.6) is 0 Å². The summed E-state index contributed by atoms with van der Waals surface area (Å²) in [6, 6.07) is 55.3. The average Bonchev–Trinajstić information content (AvgIpc) is 1.65. The topological polar surface area (TPSA) is 78.2 Å². The Bertz CT molecular complexity index is 3900. The molecule has 0 amide bonds. The highest BCUT2D eigenvalue weighted by atomic mass is 19.3. The van der Waals surface area contributed by atoms with E-state index in [4.69, 9.17) is 10.5 Å². The molecule has 0 aromatic heterocycles. The number of aliphatic hydroxyl groups excluding tert-OH is 1. The molecule has 0 bridgehead atoms. The first-order valence-electron chi connectivity index (χ1n) is 42.0. The van der Waals surface area contributed by atoms with Gasteiger partial charge in [-0.25, -0.2) is 35.1 Å². The molecular formula is C96H136F8N8O2. The molecule has 10 atom stereocenters. The highest BCUT2D eigenvalue weighted by Crippen LogP contribution is 2.47. The Morgan fingerprint density at radius 2 is 0.719 bits per heavy atom. The molecule has 18 heteroatoms. The molecular weight excluding hydrogens is 1450 g/mol. The normalized spacial score (nSPS) is 25.9. The highest BCUT2D eigenvalue weighted by molar-refractivity contribution is 5.30. The van der Waals surface area contributed by atoms with E-state index in [-0.39, 0.29) is 107 Å². The van der Waals surface area contributed by atoms with Crippen LogP contribution in [0.2, 0.25) is 0 Å². The molecule has 10 unspecified atom stereocenters. The van der Waals surface area contributed by atoms with E-state index in [0.717, 1.165) is 79.7 Å². The van der Waals surface area contributed by atoms with Gasteiger partial charge in [0, 0.05) is 129 Å². The minimum atomic E-state index is -2.68. The Hall–Kier alpha value is -6.42. The summed E-state index contributed by atoms with van der Waals surface area (Å²) in [7, 11) is 1.75. The second kappa shape index (κ2) is 41.8. The van der Waals surface area contributed by atoms with Crippen molar-refractivity contribution in [1.29, 1.82) is 0 Å². The number of nitrogens with two attached hydrogens (primary N) is 1. The summed E-state index contributed by atoms with van der Waals surface area (Å²) in [5, 5.41) is 9.71. The van der Waals surface area contributed by atoms with Gasteiger partial charge < -0.3 is 15.6 Å². The first kappa shape index (κ1) is 93.1. The number of nitrogens with zero attached hydrogens (tertiary/aromatic N) is 7. The number of benzene rings is 7. The zero-order chi connectivity index (χ0) is 83.7. The molecule has 7 heterocycles. The number of likely N-dealkylation sites (tertiary alicyclic amines) is 7. The minimum absolute atomic E-state index is 0.0102. The largest absolute Gasteiger partial charge is 0.392 e. The van der Waals surface area contributed by atoms with Crippen molar-refractivity contribution >= 4 is 0 Å². The molecule has 114 heavy (non-hydrogen) atoms. The zero-order valence-corrected chi connectivity index (χ0v) is 71.8. The summed E-state index contributed by atoms with van der Waals surface area (Å²) in [6.45, 7) is 45.0. The lowest BCUT2D eigenvalue weighted by molar-refractivity contribution is 0.00916. The van der Waals surface area contributed by atoms with E-state index >= 15 is 0 Å². The molecule has 7 saturated heterocycles.